The van der Waals surface area contributed by atoms with Gasteiger partial charge in [-0.3, -0.25) is 4.79 Å². The highest BCUT2D eigenvalue weighted by molar-refractivity contribution is 5.82. The van der Waals surface area contributed by atoms with Gasteiger partial charge in [-0.15, -0.1) is 0 Å². The number of carbonyl (C=O) groups is 2. The smallest absolute Gasteiger partial charge is 0.410 e. The number of nitrogens with zero attached hydrogens (tertiary/aromatic N) is 1. The molecule has 1 saturated carbocycles. The van der Waals surface area contributed by atoms with Crippen molar-refractivity contribution in [2.75, 3.05) is 13.1 Å². The lowest BCUT2D eigenvalue weighted by Gasteiger charge is -2.27. The number of amides is 1. The molecule has 0 bridgehead atoms. The number of hydrogen-bond donors (Lipinski definition) is 1. The Morgan fingerprint density at radius 3 is 2.59 bits per heavy atom. The van der Waals surface area contributed by atoms with Gasteiger partial charge in [0.05, 0.1) is 5.92 Å². The fourth-order valence-electron chi connectivity index (χ4n) is 3.14. The third-order valence-corrected chi connectivity index (χ3v) is 4.57. The van der Waals surface area contributed by atoms with Crippen LogP contribution in [0.5, 0.6) is 0 Å². The van der Waals surface area contributed by atoms with Gasteiger partial charge in [0.25, 0.3) is 5.92 Å². The summed E-state index contributed by atoms with van der Waals surface area (Å²) in [5.41, 5.74) is -1.20. The highest BCUT2D eigenvalue weighted by Crippen LogP contribution is 2.69. The maximum Gasteiger partial charge on any atom is 0.410 e. The van der Waals surface area contributed by atoms with E-state index in [-0.39, 0.29) is 26.1 Å². The number of benzene rings is 1. The molecule has 1 saturated heterocycles. The summed E-state index contributed by atoms with van der Waals surface area (Å²) in [5, 5.41) is 9.04. The van der Waals surface area contributed by atoms with Crippen LogP contribution < -0.4 is 0 Å². The fourth-order valence-corrected chi connectivity index (χ4v) is 3.14. The molecule has 1 amide bonds. The maximum atomic E-state index is 13.7. The third kappa shape index (κ3) is 2.03. The second kappa shape index (κ2) is 4.93. The number of piperidine rings is 1. The van der Waals surface area contributed by atoms with Gasteiger partial charge in [-0.2, -0.15) is 0 Å². The molecule has 1 aliphatic carbocycles. The standard InChI is InChI=1S/C15H15F2NO4/c16-15(17)11-8-18(7-6-14(11,15)12(19)20)13(21)22-9-10-4-2-1-3-5-10/h1-5,11H,6-9H2,(H,19,20)/t11-,14-/m0/s1. The van der Waals surface area contributed by atoms with Crippen LogP contribution in [0.4, 0.5) is 13.6 Å². The number of likely N-dealkylation sites (tertiary alicyclic amines) is 1. The first kappa shape index (κ1) is 14.7. The zero-order valence-corrected chi connectivity index (χ0v) is 11.7. The van der Waals surface area contributed by atoms with E-state index in [2.05, 4.69) is 0 Å². The topological polar surface area (TPSA) is 66.8 Å². The van der Waals surface area contributed by atoms with E-state index >= 15 is 0 Å². The first-order chi connectivity index (χ1) is 10.4. The number of carboxylic acids is 1. The summed E-state index contributed by atoms with van der Waals surface area (Å²) in [6.07, 6.45) is -0.939. The van der Waals surface area contributed by atoms with Crippen molar-refractivity contribution in [2.45, 2.75) is 19.0 Å². The van der Waals surface area contributed by atoms with Crippen molar-refractivity contribution in [3.8, 4) is 0 Å². The highest BCUT2D eigenvalue weighted by atomic mass is 19.3. The number of carbonyl (C=O) groups excluding carboxylic acids is 1. The lowest BCUT2D eigenvalue weighted by atomic mass is 9.95. The molecule has 2 atom stereocenters. The minimum Gasteiger partial charge on any atom is -0.481 e. The molecule has 7 heteroatoms. The summed E-state index contributed by atoms with van der Waals surface area (Å²) in [6, 6.07) is 9.00. The Morgan fingerprint density at radius 2 is 2.00 bits per heavy atom. The van der Waals surface area contributed by atoms with Crippen molar-refractivity contribution in [1.82, 2.24) is 4.90 Å². The molecule has 1 N–H and O–H groups in total. The van der Waals surface area contributed by atoms with Gasteiger partial charge in [-0.25, -0.2) is 13.6 Å². The molecule has 0 radical (unpaired) electrons. The normalized spacial score (nSPS) is 28.6. The number of aliphatic carboxylic acids is 1. The van der Waals surface area contributed by atoms with Gasteiger partial charge < -0.3 is 14.7 Å². The van der Waals surface area contributed by atoms with E-state index in [0.717, 1.165) is 10.5 Å². The van der Waals surface area contributed by atoms with Gasteiger partial charge >= 0.3 is 12.1 Å². The molecule has 3 rings (SSSR count). The van der Waals surface area contributed by atoms with E-state index in [9.17, 15) is 18.4 Å². The second-order valence-corrected chi connectivity index (χ2v) is 5.69. The van der Waals surface area contributed by atoms with Crippen LogP contribution in [0.25, 0.3) is 0 Å². The third-order valence-electron chi connectivity index (χ3n) is 4.57. The maximum absolute atomic E-state index is 13.7. The molecule has 1 heterocycles. The Bertz CT molecular complexity index is 607. The van der Waals surface area contributed by atoms with E-state index in [1.54, 1.807) is 24.3 Å². The van der Waals surface area contributed by atoms with E-state index in [4.69, 9.17) is 9.84 Å². The molecule has 22 heavy (non-hydrogen) atoms. The first-order valence-electron chi connectivity index (χ1n) is 6.96. The Hall–Kier alpha value is -2.18. The van der Waals surface area contributed by atoms with E-state index < -0.39 is 29.3 Å². The number of alkyl halides is 2. The quantitative estimate of drug-likeness (QED) is 0.930. The Morgan fingerprint density at radius 1 is 1.32 bits per heavy atom. The molecule has 1 aliphatic heterocycles. The second-order valence-electron chi connectivity index (χ2n) is 5.69. The summed E-state index contributed by atoms with van der Waals surface area (Å²) in [4.78, 5) is 24.2. The molecule has 0 aromatic heterocycles. The van der Waals surface area contributed by atoms with Crippen LogP contribution in [0, 0.1) is 11.3 Å². The van der Waals surface area contributed by atoms with Gasteiger partial charge in [-0.1, -0.05) is 30.3 Å². The van der Waals surface area contributed by atoms with Crippen molar-refractivity contribution in [3.63, 3.8) is 0 Å². The highest BCUT2D eigenvalue weighted by Gasteiger charge is 2.86. The van der Waals surface area contributed by atoms with Crippen molar-refractivity contribution < 1.29 is 28.2 Å². The number of ether oxygens (including phenoxy) is 1. The lowest BCUT2D eigenvalue weighted by molar-refractivity contribution is -0.148. The van der Waals surface area contributed by atoms with Crippen LogP contribution in [0.3, 0.4) is 0 Å². The Labute approximate surface area is 125 Å². The van der Waals surface area contributed by atoms with E-state index in [0.29, 0.717) is 0 Å². The summed E-state index contributed by atoms with van der Waals surface area (Å²) >= 11 is 0. The SMILES string of the molecule is O=C(OCc1ccccc1)N1CC[C@@]2(C(=O)O)[C@H](C1)C2(F)F. The van der Waals surface area contributed by atoms with Crippen LogP contribution in [-0.2, 0) is 16.1 Å². The molecule has 118 valence electrons. The van der Waals surface area contributed by atoms with Crippen LogP contribution in [0.1, 0.15) is 12.0 Å². The predicted molar refractivity (Wildman–Crippen MR) is 71.3 cm³/mol. The van der Waals surface area contributed by atoms with E-state index in [1.807, 2.05) is 6.07 Å². The lowest BCUT2D eigenvalue weighted by Crippen LogP contribution is -2.41. The van der Waals surface area contributed by atoms with Crippen molar-refractivity contribution in [2.24, 2.45) is 11.3 Å². The number of rotatable bonds is 3. The Kier molecular flexibility index (Phi) is 3.30. The summed E-state index contributed by atoms with van der Waals surface area (Å²) in [5.74, 6) is -6.07. The van der Waals surface area contributed by atoms with Gasteiger partial charge in [0.15, 0.2) is 0 Å². The average molecular weight is 311 g/mol. The van der Waals surface area contributed by atoms with Crippen molar-refractivity contribution in [1.29, 1.82) is 0 Å². The summed E-state index contributed by atoms with van der Waals surface area (Å²) in [6.45, 7) is -0.264. The number of carboxylic acid groups (broad SMARTS) is 1. The first-order valence-corrected chi connectivity index (χ1v) is 6.96. The molecule has 2 aliphatic rings. The van der Waals surface area contributed by atoms with Crippen molar-refractivity contribution >= 4 is 12.1 Å². The zero-order chi connectivity index (χ0) is 16.0. The largest absolute Gasteiger partial charge is 0.481 e. The Balaban J connectivity index is 1.59. The summed E-state index contributed by atoms with van der Waals surface area (Å²) in [7, 11) is 0. The molecule has 0 spiro atoms. The van der Waals surface area contributed by atoms with Gasteiger partial charge in [0.2, 0.25) is 0 Å². The average Bonchev–Trinajstić information content (AvgIpc) is 3.03. The number of hydrogen-bond acceptors (Lipinski definition) is 3. The molecule has 5 nitrogen and oxygen atoms in total. The van der Waals surface area contributed by atoms with Gasteiger partial charge in [0.1, 0.15) is 12.0 Å². The number of halogens is 2. The van der Waals surface area contributed by atoms with E-state index in [1.165, 1.54) is 0 Å². The molecule has 2 fully saturated rings. The molecule has 0 unspecified atom stereocenters. The fraction of sp³-hybridized carbons (Fsp3) is 0.467. The van der Waals surface area contributed by atoms with Gasteiger partial charge in [-0.05, 0) is 12.0 Å². The van der Waals surface area contributed by atoms with Crippen LogP contribution >= 0.6 is 0 Å². The minimum absolute atomic E-state index is 0.0357. The monoisotopic (exact) mass is 311 g/mol. The van der Waals surface area contributed by atoms with Gasteiger partial charge in [0, 0.05) is 13.1 Å². The molecule has 1 aromatic rings. The molecular weight excluding hydrogens is 296 g/mol. The predicted octanol–water partition coefficient (Wildman–Crippen LogP) is 2.37. The van der Waals surface area contributed by atoms with Crippen LogP contribution in [0.2, 0.25) is 0 Å². The van der Waals surface area contributed by atoms with Crippen LogP contribution in [0.15, 0.2) is 30.3 Å². The zero-order valence-electron chi connectivity index (χ0n) is 11.7. The van der Waals surface area contributed by atoms with Crippen LogP contribution in [-0.4, -0.2) is 41.1 Å². The molecule has 1 aromatic carbocycles. The minimum atomic E-state index is -3.26. The molecular formula is C15H15F2NO4. The number of fused-ring (bicyclic) bond motifs is 1. The van der Waals surface area contributed by atoms with Crippen molar-refractivity contribution in [3.05, 3.63) is 35.9 Å². The summed E-state index contributed by atoms with van der Waals surface area (Å²) < 4.78 is 32.6.